The van der Waals surface area contributed by atoms with Gasteiger partial charge in [0.05, 0.1) is 22.2 Å². The Bertz CT molecular complexity index is 1100. The number of hydrogen-bond donors (Lipinski definition) is 1. The molecule has 2 heterocycles. The van der Waals surface area contributed by atoms with E-state index in [-0.39, 0.29) is 35.1 Å². The van der Waals surface area contributed by atoms with Gasteiger partial charge in [-0.2, -0.15) is 15.5 Å². The fraction of sp³-hybridized carbons (Fsp3) is 0.143. The molecule has 9 heteroatoms. The van der Waals surface area contributed by atoms with Crippen LogP contribution in [0, 0.1) is 22.7 Å². The second kappa shape index (κ2) is 5.52. The molecule has 3 rings (SSSR count). The summed E-state index contributed by atoms with van der Waals surface area (Å²) in [5.74, 6) is 0.282. The van der Waals surface area contributed by atoms with Crippen LogP contribution in [-0.4, -0.2) is 25.4 Å². The molecule has 0 fully saturated rings. The first-order chi connectivity index (χ1) is 11.1. The average molecular weight is 327 g/mol. The Morgan fingerprint density at radius 3 is 2.52 bits per heavy atom. The molecule has 0 amide bonds. The number of nitrogens with zero attached hydrogens (tertiary/aromatic N) is 5. The number of H-pyrrole nitrogens is 1. The lowest BCUT2D eigenvalue weighted by Gasteiger charge is -2.15. The Labute approximate surface area is 133 Å². The van der Waals surface area contributed by atoms with Gasteiger partial charge in [0, 0.05) is 12.4 Å². The van der Waals surface area contributed by atoms with Gasteiger partial charge in [0.2, 0.25) is 0 Å². The van der Waals surface area contributed by atoms with Gasteiger partial charge in [-0.05, 0) is 12.1 Å². The van der Waals surface area contributed by atoms with Gasteiger partial charge in [0.1, 0.15) is 12.1 Å². The van der Waals surface area contributed by atoms with Gasteiger partial charge >= 0.3 is 5.69 Å². The molecule has 8 nitrogen and oxygen atoms in total. The minimum atomic E-state index is -0.791. The number of rotatable bonds is 2. The molecule has 0 unspecified atom stereocenters. The van der Waals surface area contributed by atoms with E-state index in [0.29, 0.717) is 11.0 Å². The summed E-state index contributed by atoms with van der Waals surface area (Å²) >= 11 is 5.80. The van der Waals surface area contributed by atoms with E-state index in [9.17, 15) is 9.59 Å². The number of alkyl halides is 1. The number of aryl methyl sites for hydroxylation is 1. The van der Waals surface area contributed by atoms with Gasteiger partial charge in [-0.15, -0.1) is 11.6 Å². The molecular weight excluding hydrogens is 320 g/mol. The summed E-state index contributed by atoms with van der Waals surface area (Å²) < 4.78 is 1.54. The van der Waals surface area contributed by atoms with Crippen LogP contribution in [0.3, 0.4) is 0 Å². The first-order valence-electron chi connectivity index (χ1n) is 6.44. The van der Waals surface area contributed by atoms with Crippen LogP contribution >= 0.6 is 11.6 Å². The van der Waals surface area contributed by atoms with E-state index >= 15 is 0 Å². The molecule has 112 valence electrons. The van der Waals surface area contributed by atoms with Gasteiger partial charge in [-0.1, -0.05) is 0 Å². The first kappa shape index (κ1) is 14.7. The Hall–Kier alpha value is -3.23. The fourth-order valence-corrected chi connectivity index (χ4v) is 2.51. The zero-order chi connectivity index (χ0) is 16.6. The highest BCUT2D eigenvalue weighted by molar-refractivity contribution is 6.17. The number of nitrogens with one attached hydrogen (secondary N) is 1. The SMILES string of the molecule is N#Cc1cc2nc3c(=O)[nH]c(=O)nc-3n(CCCl)c2cc1C#N. The van der Waals surface area contributed by atoms with E-state index in [1.807, 2.05) is 17.1 Å². The van der Waals surface area contributed by atoms with Crippen LogP contribution in [0.2, 0.25) is 0 Å². The summed E-state index contributed by atoms with van der Waals surface area (Å²) in [7, 11) is 0. The van der Waals surface area contributed by atoms with Crippen molar-refractivity contribution in [1.29, 1.82) is 10.5 Å². The highest BCUT2D eigenvalue weighted by atomic mass is 35.5. The molecule has 0 aliphatic carbocycles. The summed E-state index contributed by atoms with van der Waals surface area (Å²) in [5, 5.41) is 18.3. The molecule has 0 saturated carbocycles. The Balaban J connectivity index is 2.57. The third kappa shape index (κ3) is 2.31. The minimum absolute atomic E-state index is 0.0317. The largest absolute Gasteiger partial charge is 0.349 e. The Morgan fingerprint density at radius 1 is 1.17 bits per heavy atom. The van der Waals surface area contributed by atoms with Crippen molar-refractivity contribution in [1.82, 2.24) is 19.5 Å². The Kier molecular flexibility index (Phi) is 3.53. The predicted molar refractivity (Wildman–Crippen MR) is 81.2 cm³/mol. The van der Waals surface area contributed by atoms with Crippen LogP contribution in [0.15, 0.2) is 21.7 Å². The zero-order valence-electron chi connectivity index (χ0n) is 11.5. The standard InChI is InChI=1S/C14H7ClN6O2/c15-1-2-21-10-4-8(6-17)7(5-16)3-9(10)18-11-12(21)19-14(23)20-13(11)22/h3-4H,1-2H2,(H,20,22,23). The lowest BCUT2D eigenvalue weighted by atomic mass is 10.1. The van der Waals surface area contributed by atoms with E-state index in [0.717, 1.165) is 0 Å². The van der Waals surface area contributed by atoms with Crippen molar-refractivity contribution in [2.24, 2.45) is 0 Å². The number of aromatic amines is 1. The second-order valence-corrected chi connectivity index (χ2v) is 4.98. The number of benzene rings is 1. The van der Waals surface area contributed by atoms with Crippen LogP contribution in [0.25, 0.3) is 22.6 Å². The van der Waals surface area contributed by atoms with Crippen molar-refractivity contribution in [3.8, 4) is 23.7 Å². The summed E-state index contributed by atoms with van der Waals surface area (Å²) in [6.45, 7) is 0.254. The summed E-state index contributed by atoms with van der Waals surface area (Å²) in [6, 6.07) is 6.74. The van der Waals surface area contributed by atoms with Crippen molar-refractivity contribution in [3.63, 3.8) is 0 Å². The number of hydrogen-bond acceptors (Lipinski definition) is 6. The molecule has 0 spiro atoms. The van der Waals surface area contributed by atoms with Crippen LogP contribution in [0.1, 0.15) is 11.1 Å². The van der Waals surface area contributed by atoms with E-state index in [1.165, 1.54) is 12.1 Å². The lowest BCUT2D eigenvalue weighted by molar-refractivity contribution is 0.765. The van der Waals surface area contributed by atoms with Crippen molar-refractivity contribution in [3.05, 3.63) is 44.1 Å². The molecule has 1 N–H and O–H groups in total. The summed E-state index contributed by atoms with van der Waals surface area (Å²) in [5.41, 5.74) is -0.383. The first-order valence-corrected chi connectivity index (χ1v) is 6.97. The number of aromatic nitrogens is 4. The number of fused-ring (bicyclic) bond motifs is 2. The van der Waals surface area contributed by atoms with E-state index in [2.05, 4.69) is 9.97 Å². The third-order valence-electron chi connectivity index (χ3n) is 3.30. The van der Waals surface area contributed by atoms with E-state index < -0.39 is 11.2 Å². The van der Waals surface area contributed by atoms with Crippen molar-refractivity contribution in [2.45, 2.75) is 6.54 Å². The normalized spacial score (nSPS) is 10.6. The molecule has 23 heavy (non-hydrogen) atoms. The maximum Gasteiger partial charge on any atom is 0.349 e. The Morgan fingerprint density at radius 2 is 1.87 bits per heavy atom. The van der Waals surface area contributed by atoms with Crippen LogP contribution in [0.5, 0.6) is 0 Å². The van der Waals surface area contributed by atoms with Gasteiger partial charge in [-0.3, -0.25) is 9.78 Å². The maximum atomic E-state index is 12.0. The molecule has 0 bridgehead atoms. The van der Waals surface area contributed by atoms with Crippen molar-refractivity contribution in [2.75, 3.05) is 5.88 Å². The van der Waals surface area contributed by atoms with Gasteiger partial charge < -0.3 is 4.57 Å². The van der Waals surface area contributed by atoms with Crippen LogP contribution in [-0.2, 0) is 6.54 Å². The number of halogens is 1. The average Bonchev–Trinajstić information content (AvgIpc) is 2.54. The third-order valence-corrected chi connectivity index (χ3v) is 3.47. The minimum Gasteiger partial charge on any atom is -0.321 e. The molecule has 0 aromatic heterocycles. The lowest BCUT2D eigenvalue weighted by Crippen LogP contribution is -2.29. The van der Waals surface area contributed by atoms with E-state index in [1.54, 1.807) is 4.57 Å². The fourth-order valence-electron chi connectivity index (χ4n) is 2.34. The topological polar surface area (TPSA) is 128 Å². The van der Waals surface area contributed by atoms with Crippen molar-refractivity contribution < 1.29 is 0 Å². The van der Waals surface area contributed by atoms with Crippen molar-refractivity contribution >= 4 is 22.6 Å². The highest BCUT2D eigenvalue weighted by Crippen LogP contribution is 2.23. The second-order valence-electron chi connectivity index (χ2n) is 4.61. The van der Waals surface area contributed by atoms with Gasteiger partial charge in [0.25, 0.3) is 5.56 Å². The van der Waals surface area contributed by atoms with Crippen LogP contribution in [0.4, 0.5) is 0 Å². The highest BCUT2D eigenvalue weighted by Gasteiger charge is 2.19. The molecule has 1 aromatic carbocycles. The monoisotopic (exact) mass is 326 g/mol. The number of nitriles is 2. The molecule has 0 radical (unpaired) electrons. The molecule has 2 aliphatic rings. The van der Waals surface area contributed by atoms with E-state index in [4.69, 9.17) is 22.1 Å². The predicted octanol–water partition coefficient (Wildman–Crippen LogP) is 0.567. The molecule has 0 atom stereocenters. The van der Waals surface area contributed by atoms with Gasteiger partial charge in [-0.25, -0.2) is 9.78 Å². The summed E-state index contributed by atoms with van der Waals surface area (Å²) in [6.07, 6.45) is 0. The molecule has 1 aromatic rings. The van der Waals surface area contributed by atoms with Gasteiger partial charge in [0.15, 0.2) is 11.5 Å². The molecule has 0 saturated heterocycles. The zero-order valence-corrected chi connectivity index (χ0v) is 12.3. The quantitative estimate of drug-likeness (QED) is 0.541. The smallest absolute Gasteiger partial charge is 0.321 e. The van der Waals surface area contributed by atoms with Crippen LogP contribution < -0.4 is 11.2 Å². The summed E-state index contributed by atoms with van der Waals surface area (Å²) in [4.78, 5) is 33.5. The molecule has 2 aliphatic heterocycles. The maximum absolute atomic E-state index is 12.0. The molecular formula is C14H7ClN6O2.